The van der Waals surface area contributed by atoms with Crippen molar-refractivity contribution >= 4 is 21.6 Å². The number of nitrogens with one attached hydrogen (secondary N) is 2. The first kappa shape index (κ1) is 20.9. The van der Waals surface area contributed by atoms with E-state index in [9.17, 15) is 22.0 Å². The molecule has 0 bridgehead atoms. The average molecular weight is 397 g/mol. The molecule has 6 nitrogen and oxygen atoms in total. The third-order valence-electron chi connectivity index (χ3n) is 3.56. The summed E-state index contributed by atoms with van der Waals surface area (Å²) in [6, 6.07) is 9.61. The second-order valence-electron chi connectivity index (χ2n) is 6.21. The van der Waals surface area contributed by atoms with Crippen molar-refractivity contribution in [2.24, 2.45) is 0 Å². The fourth-order valence-corrected chi connectivity index (χ4v) is 3.41. The van der Waals surface area contributed by atoms with Crippen molar-refractivity contribution in [1.29, 1.82) is 0 Å². The molecule has 0 spiro atoms. The van der Waals surface area contributed by atoms with Crippen LogP contribution in [0.5, 0.6) is 0 Å². The summed E-state index contributed by atoms with van der Waals surface area (Å²) in [6.07, 6.45) is -0.110. The molecule has 0 aliphatic heterocycles. The molecule has 0 atom stereocenters. The fraction of sp³-hybridized carbons (Fsp3) is 0.278. The minimum absolute atomic E-state index is 0.110. The van der Waals surface area contributed by atoms with Crippen LogP contribution in [-0.2, 0) is 21.4 Å². The lowest BCUT2D eigenvalue weighted by atomic mass is 10.2. The van der Waals surface area contributed by atoms with Gasteiger partial charge in [0.15, 0.2) is 11.6 Å². The van der Waals surface area contributed by atoms with E-state index in [-0.39, 0.29) is 18.9 Å². The molecule has 2 rings (SSSR count). The van der Waals surface area contributed by atoms with Crippen LogP contribution < -0.4 is 10.0 Å². The van der Waals surface area contributed by atoms with Gasteiger partial charge in [-0.3, -0.25) is 4.79 Å². The van der Waals surface area contributed by atoms with E-state index in [1.807, 2.05) is 37.2 Å². The van der Waals surface area contributed by atoms with E-state index >= 15 is 0 Å². The van der Waals surface area contributed by atoms with Gasteiger partial charge >= 0.3 is 0 Å². The number of hydrogen-bond acceptors (Lipinski definition) is 4. The maximum Gasteiger partial charge on any atom is 0.240 e. The molecule has 2 N–H and O–H groups in total. The predicted octanol–water partition coefficient (Wildman–Crippen LogP) is 2.33. The molecule has 0 saturated heterocycles. The Bertz CT molecular complexity index is 918. The summed E-state index contributed by atoms with van der Waals surface area (Å²) in [5.41, 5.74) is 1.64. The largest absolute Gasteiger partial charge is 0.326 e. The minimum Gasteiger partial charge on any atom is -0.326 e. The van der Waals surface area contributed by atoms with Gasteiger partial charge in [0, 0.05) is 25.2 Å². The molecule has 1 amide bonds. The Morgan fingerprint density at radius 2 is 1.81 bits per heavy atom. The third kappa shape index (κ3) is 6.38. The Morgan fingerprint density at radius 1 is 1.07 bits per heavy atom. The molecular formula is C18H21F2N3O3S. The highest BCUT2D eigenvalue weighted by Crippen LogP contribution is 2.14. The number of nitrogens with zero attached hydrogens (tertiary/aromatic N) is 1. The molecule has 0 fully saturated rings. The second kappa shape index (κ2) is 9.03. The number of sulfonamides is 1. The first-order valence-electron chi connectivity index (χ1n) is 8.15. The molecular weight excluding hydrogens is 376 g/mol. The highest BCUT2D eigenvalue weighted by atomic mass is 32.2. The standard InChI is InChI=1S/C18H21F2N3O3S/c1-23(2)12-13-4-3-5-14(10-13)22-18(24)8-9-21-27(25,26)15-6-7-16(19)17(20)11-15/h3-7,10-11,21H,8-9,12H2,1-2H3,(H,22,24). The number of hydrogen-bond donors (Lipinski definition) is 2. The number of rotatable bonds is 8. The van der Waals surface area contributed by atoms with Crippen molar-refractivity contribution in [2.75, 3.05) is 26.0 Å². The van der Waals surface area contributed by atoms with Gasteiger partial charge in [-0.2, -0.15) is 0 Å². The predicted molar refractivity (Wildman–Crippen MR) is 98.6 cm³/mol. The van der Waals surface area contributed by atoms with Crippen molar-refractivity contribution < 1.29 is 22.0 Å². The second-order valence-corrected chi connectivity index (χ2v) is 7.98. The van der Waals surface area contributed by atoms with E-state index in [0.717, 1.165) is 24.2 Å². The average Bonchev–Trinajstić information content (AvgIpc) is 2.56. The SMILES string of the molecule is CN(C)Cc1cccc(NC(=O)CCNS(=O)(=O)c2ccc(F)c(F)c2)c1. The molecule has 27 heavy (non-hydrogen) atoms. The lowest BCUT2D eigenvalue weighted by Crippen LogP contribution is -2.28. The maximum absolute atomic E-state index is 13.2. The van der Waals surface area contributed by atoms with Crippen molar-refractivity contribution in [3.63, 3.8) is 0 Å². The molecule has 9 heteroatoms. The Kier molecular flexibility index (Phi) is 7.00. The maximum atomic E-state index is 13.2. The molecule has 0 aliphatic rings. The number of carbonyl (C=O) groups is 1. The number of amides is 1. The first-order valence-corrected chi connectivity index (χ1v) is 9.64. The van der Waals surface area contributed by atoms with Gasteiger partial charge in [0.25, 0.3) is 0 Å². The quantitative estimate of drug-likeness (QED) is 0.717. The zero-order valence-corrected chi connectivity index (χ0v) is 15.8. The van der Waals surface area contributed by atoms with Crippen LogP contribution in [0.2, 0.25) is 0 Å². The highest BCUT2D eigenvalue weighted by molar-refractivity contribution is 7.89. The zero-order chi connectivity index (χ0) is 20.0. The van der Waals surface area contributed by atoms with Crippen LogP contribution in [0.15, 0.2) is 47.4 Å². The topological polar surface area (TPSA) is 78.5 Å². The van der Waals surface area contributed by atoms with E-state index in [0.29, 0.717) is 11.8 Å². The van der Waals surface area contributed by atoms with E-state index < -0.39 is 26.6 Å². The number of anilines is 1. The Hall–Kier alpha value is -2.36. The molecule has 0 aromatic heterocycles. The summed E-state index contributed by atoms with van der Waals surface area (Å²) in [7, 11) is -0.161. The van der Waals surface area contributed by atoms with Crippen LogP contribution in [0.4, 0.5) is 14.5 Å². The lowest BCUT2D eigenvalue weighted by molar-refractivity contribution is -0.116. The van der Waals surface area contributed by atoms with Crippen molar-refractivity contribution in [3.8, 4) is 0 Å². The number of carbonyl (C=O) groups excluding carboxylic acids is 1. The molecule has 0 unspecified atom stereocenters. The van der Waals surface area contributed by atoms with Crippen LogP contribution >= 0.6 is 0 Å². The lowest BCUT2D eigenvalue weighted by Gasteiger charge is -2.12. The van der Waals surface area contributed by atoms with Crippen molar-refractivity contribution in [3.05, 3.63) is 59.7 Å². The van der Waals surface area contributed by atoms with Crippen LogP contribution in [0.1, 0.15) is 12.0 Å². The van der Waals surface area contributed by atoms with Crippen LogP contribution in [0, 0.1) is 11.6 Å². The summed E-state index contributed by atoms with van der Waals surface area (Å²) in [6.45, 7) is 0.544. The summed E-state index contributed by atoms with van der Waals surface area (Å²) in [5.74, 6) is -2.76. The van der Waals surface area contributed by atoms with Gasteiger partial charge in [-0.1, -0.05) is 12.1 Å². The number of halogens is 2. The van der Waals surface area contributed by atoms with E-state index in [4.69, 9.17) is 0 Å². The van der Waals surface area contributed by atoms with Gasteiger partial charge in [-0.05, 0) is 50.0 Å². The van der Waals surface area contributed by atoms with Gasteiger partial charge < -0.3 is 10.2 Å². The van der Waals surface area contributed by atoms with Gasteiger partial charge in [0.05, 0.1) is 4.90 Å². The van der Waals surface area contributed by atoms with Crippen LogP contribution in [0.3, 0.4) is 0 Å². The zero-order valence-electron chi connectivity index (χ0n) is 15.0. The number of benzene rings is 2. The van der Waals surface area contributed by atoms with Gasteiger partial charge in [0.1, 0.15) is 0 Å². The van der Waals surface area contributed by atoms with Crippen molar-refractivity contribution in [1.82, 2.24) is 9.62 Å². The molecule has 2 aromatic rings. The minimum atomic E-state index is -4.03. The van der Waals surface area contributed by atoms with Crippen LogP contribution in [-0.4, -0.2) is 39.9 Å². The molecule has 0 saturated carbocycles. The normalized spacial score (nSPS) is 11.6. The van der Waals surface area contributed by atoms with E-state index in [1.54, 1.807) is 6.07 Å². The Balaban J connectivity index is 1.89. The van der Waals surface area contributed by atoms with E-state index in [2.05, 4.69) is 10.0 Å². The fourth-order valence-electron chi connectivity index (χ4n) is 2.36. The van der Waals surface area contributed by atoms with Gasteiger partial charge in [-0.25, -0.2) is 21.9 Å². The first-order chi connectivity index (χ1) is 12.7. The molecule has 0 aliphatic carbocycles. The summed E-state index contributed by atoms with van der Waals surface area (Å²) < 4.78 is 52.4. The van der Waals surface area contributed by atoms with Crippen LogP contribution in [0.25, 0.3) is 0 Å². The third-order valence-corrected chi connectivity index (χ3v) is 5.01. The highest BCUT2D eigenvalue weighted by Gasteiger charge is 2.16. The van der Waals surface area contributed by atoms with Gasteiger partial charge in [-0.15, -0.1) is 0 Å². The van der Waals surface area contributed by atoms with Crippen molar-refractivity contribution in [2.45, 2.75) is 17.9 Å². The molecule has 146 valence electrons. The summed E-state index contributed by atoms with van der Waals surface area (Å²) in [5, 5.41) is 2.70. The summed E-state index contributed by atoms with van der Waals surface area (Å²) >= 11 is 0. The molecule has 2 aromatic carbocycles. The molecule has 0 radical (unpaired) electrons. The molecule has 0 heterocycles. The Labute approximate surface area is 157 Å². The Morgan fingerprint density at radius 3 is 2.48 bits per heavy atom. The smallest absolute Gasteiger partial charge is 0.240 e. The van der Waals surface area contributed by atoms with Gasteiger partial charge in [0.2, 0.25) is 15.9 Å². The monoisotopic (exact) mass is 397 g/mol. The summed E-state index contributed by atoms with van der Waals surface area (Å²) in [4.78, 5) is 13.6. The van der Waals surface area contributed by atoms with E-state index in [1.165, 1.54) is 0 Å².